The number of sulfonamides is 1. The summed E-state index contributed by atoms with van der Waals surface area (Å²) >= 11 is 3.07. The van der Waals surface area contributed by atoms with Gasteiger partial charge in [-0.3, -0.25) is 4.72 Å². The van der Waals surface area contributed by atoms with Gasteiger partial charge in [-0.15, -0.1) is 5.10 Å². The molecule has 0 spiro atoms. The van der Waals surface area contributed by atoms with E-state index in [1.165, 1.54) is 11.7 Å². The molecule has 1 aromatic carbocycles. The predicted octanol–water partition coefficient (Wildman–Crippen LogP) is 1.58. The summed E-state index contributed by atoms with van der Waals surface area (Å²) in [6, 6.07) is 3.42. The molecule has 0 radical (unpaired) electrons. The lowest BCUT2D eigenvalue weighted by Crippen LogP contribution is -2.18. The van der Waals surface area contributed by atoms with Gasteiger partial charge in [-0.25, -0.2) is 4.68 Å². The van der Waals surface area contributed by atoms with Gasteiger partial charge in [-0.05, 0) is 53.0 Å². The molecule has 0 bridgehead atoms. The van der Waals surface area contributed by atoms with E-state index >= 15 is 0 Å². The van der Waals surface area contributed by atoms with E-state index in [-0.39, 0.29) is 9.63 Å². The molecule has 0 amide bonds. The number of halogens is 1. The summed E-state index contributed by atoms with van der Waals surface area (Å²) < 4.78 is 28.5. The lowest BCUT2D eigenvalue weighted by Gasteiger charge is -2.12. The van der Waals surface area contributed by atoms with Crippen LogP contribution in [0.15, 0.2) is 21.8 Å². The van der Waals surface area contributed by atoms with E-state index < -0.39 is 10.0 Å². The Labute approximate surface area is 125 Å². The summed E-state index contributed by atoms with van der Waals surface area (Å²) in [4.78, 5) is 0. The molecule has 0 aliphatic heterocycles. The smallest absolute Gasteiger partial charge is 0.281 e. The maximum absolute atomic E-state index is 12.4. The Hall–Kier alpha value is -1.61. The van der Waals surface area contributed by atoms with Gasteiger partial charge in [0.2, 0.25) is 5.03 Å². The fourth-order valence-electron chi connectivity index (χ4n) is 1.73. The Balaban J connectivity index is 2.47. The van der Waals surface area contributed by atoms with Gasteiger partial charge in [-0.2, -0.15) is 8.42 Å². The van der Waals surface area contributed by atoms with E-state index in [1.54, 1.807) is 12.1 Å². The van der Waals surface area contributed by atoms with Crippen LogP contribution in [0.5, 0.6) is 0 Å². The maximum atomic E-state index is 12.4. The predicted molar refractivity (Wildman–Crippen MR) is 79.8 cm³/mol. The monoisotopic (exact) mass is 359 g/mol. The van der Waals surface area contributed by atoms with Crippen LogP contribution in [0.1, 0.15) is 11.1 Å². The van der Waals surface area contributed by atoms with Gasteiger partial charge in [0.15, 0.2) is 4.60 Å². The van der Waals surface area contributed by atoms with Crippen molar-refractivity contribution in [3.8, 4) is 0 Å². The van der Waals surface area contributed by atoms with E-state index in [1.807, 2.05) is 13.8 Å². The number of nitrogen functional groups attached to an aromatic ring is 1. The zero-order chi connectivity index (χ0) is 15.1. The van der Waals surface area contributed by atoms with Gasteiger partial charge in [0.05, 0.1) is 11.4 Å². The number of hydrogen-bond acceptors (Lipinski definition) is 5. The van der Waals surface area contributed by atoms with Crippen molar-refractivity contribution in [2.24, 2.45) is 7.05 Å². The van der Waals surface area contributed by atoms with Crippen LogP contribution in [0.2, 0.25) is 0 Å². The first-order chi connectivity index (χ1) is 9.22. The molecular weight excluding hydrogens is 346 g/mol. The minimum atomic E-state index is -3.82. The lowest BCUT2D eigenvalue weighted by molar-refractivity contribution is 0.578. The molecule has 0 saturated carbocycles. The molecule has 0 fully saturated rings. The number of hydrogen-bond donors (Lipinski definition) is 2. The van der Waals surface area contributed by atoms with Gasteiger partial charge in [-0.1, -0.05) is 5.21 Å². The Kier molecular flexibility index (Phi) is 3.74. The highest BCUT2D eigenvalue weighted by Gasteiger charge is 2.24. The molecule has 0 aliphatic rings. The SMILES string of the molecule is Cc1cc(N)c(NS(=O)(=O)c2c(Br)nnn2C)cc1C. The van der Waals surface area contributed by atoms with Crippen molar-refractivity contribution in [1.82, 2.24) is 15.0 Å². The summed E-state index contributed by atoms with van der Waals surface area (Å²) in [6.45, 7) is 3.79. The molecule has 1 aromatic heterocycles. The summed E-state index contributed by atoms with van der Waals surface area (Å²) in [5, 5.41) is 7.24. The third kappa shape index (κ3) is 2.63. The summed E-state index contributed by atoms with van der Waals surface area (Å²) in [5.41, 5.74) is 8.49. The second kappa shape index (κ2) is 5.06. The average Bonchev–Trinajstić information content (AvgIpc) is 2.66. The number of nitrogens with zero attached hydrogens (tertiary/aromatic N) is 3. The van der Waals surface area contributed by atoms with E-state index in [4.69, 9.17) is 5.73 Å². The normalized spacial score (nSPS) is 11.6. The molecule has 0 atom stereocenters. The number of anilines is 2. The van der Waals surface area contributed by atoms with Crippen molar-refractivity contribution in [2.75, 3.05) is 10.5 Å². The molecular formula is C11H14BrN5O2S. The first-order valence-electron chi connectivity index (χ1n) is 5.67. The van der Waals surface area contributed by atoms with Gasteiger partial charge >= 0.3 is 0 Å². The number of rotatable bonds is 3. The molecule has 20 heavy (non-hydrogen) atoms. The molecule has 3 N–H and O–H groups in total. The Morgan fingerprint density at radius 2 is 1.90 bits per heavy atom. The number of aryl methyl sites for hydroxylation is 3. The van der Waals surface area contributed by atoms with Crippen LogP contribution in [0.25, 0.3) is 0 Å². The van der Waals surface area contributed by atoms with Crippen LogP contribution in [-0.2, 0) is 17.1 Å². The fraction of sp³-hybridized carbons (Fsp3) is 0.273. The molecule has 108 valence electrons. The van der Waals surface area contributed by atoms with Crippen molar-refractivity contribution in [1.29, 1.82) is 0 Å². The average molecular weight is 360 g/mol. The number of benzene rings is 1. The van der Waals surface area contributed by atoms with Crippen LogP contribution >= 0.6 is 15.9 Å². The van der Waals surface area contributed by atoms with Gasteiger partial charge < -0.3 is 5.73 Å². The Bertz CT molecular complexity index is 750. The minimum absolute atomic E-state index is 0.0601. The zero-order valence-corrected chi connectivity index (χ0v) is 13.6. The molecule has 9 heteroatoms. The van der Waals surface area contributed by atoms with Crippen LogP contribution < -0.4 is 10.5 Å². The van der Waals surface area contributed by atoms with Gasteiger partial charge in [0.1, 0.15) is 0 Å². The van der Waals surface area contributed by atoms with E-state index in [0.29, 0.717) is 11.4 Å². The largest absolute Gasteiger partial charge is 0.397 e. The Morgan fingerprint density at radius 1 is 1.30 bits per heavy atom. The van der Waals surface area contributed by atoms with Crippen molar-refractivity contribution in [3.05, 3.63) is 27.9 Å². The van der Waals surface area contributed by atoms with Crippen molar-refractivity contribution < 1.29 is 8.42 Å². The van der Waals surface area contributed by atoms with E-state index in [0.717, 1.165) is 11.1 Å². The summed E-state index contributed by atoms with van der Waals surface area (Å²) in [5.74, 6) is 0. The van der Waals surface area contributed by atoms with E-state index in [9.17, 15) is 8.42 Å². The standard InChI is InChI=1S/C11H14BrN5O2S/c1-6-4-8(13)9(5-7(6)2)15-20(18,19)11-10(12)14-16-17(11)3/h4-5,15H,13H2,1-3H3. The quantitative estimate of drug-likeness (QED) is 0.809. The highest BCUT2D eigenvalue weighted by molar-refractivity contribution is 9.10. The van der Waals surface area contributed by atoms with E-state index in [2.05, 4.69) is 31.0 Å². The number of nitrogens with one attached hydrogen (secondary N) is 1. The minimum Gasteiger partial charge on any atom is -0.397 e. The topological polar surface area (TPSA) is 103 Å². The van der Waals surface area contributed by atoms with Crippen LogP contribution in [-0.4, -0.2) is 23.4 Å². The first kappa shape index (κ1) is 14.8. The second-order valence-corrected chi connectivity index (χ2v) is 6.79. The molecule has 7 nitrogen and oxygen atoms in total. The van der Waals surface area contributed by atoms with Crippen LogP contribution in [0.4, 0.5) is 11.4 Å². The van der Waals surface area contributed by atoms with Crippen LogP contribution in [0.3, 0.4) is 0 Å². The highest BCUT2D eigenvalue weighted by Crippen LogP contribution is 2.27. The molecule has 1 heterocycles. The van der Waals surface area contributed by atoms with Crippen molar-refractivity contribution in [3.63, 3.8) is 0 Å². The maximum Gasteiger partial charge on any atom is 0.281 e. The highest BCUT2D eigenvalue weighted by atomic mass is 79.9. The van der Waals surface area contributed by atoms with Gasteiger partial charge in [0, 0.05) is 7.05 Å². The van der Waals surface area contributed by atoms with Crippen LogP contribution in [0, 0.1) is 13.8 Å². The third-order valence-corrected chi connectivity index (χ3v) is 5.15. The van der Waals surface area contributed by atoms with Crippen molar-refractivity contribution in [2.45, 2.75) is 18.9 Å². The molecule has 2 aromatic rings. The molecule has 0 saturated heterocycles. The molecule has 0 aliphatic carbocycles. The molecule has 2 rings (SSSR count). The summed E-state index contributed by atoms with van der Waals surface area (Å²) in [7, 11) is -2.33. The van der Waals surface area contributed by atoms with Crippen molar-refractivity contribution >= 4 is 37.3 Å². The number of nitrogens with two attached hydrogens (primary N) is 1. The Morgan fingerprint density at radius 3 is 2.45 bits per heavy atom. The fourth-order valence-corrected chi connectivity index (χ4v) is 3.90. The summed E-state index contributed by atoms with van der Waals surface area (Å²) in [6.07, 6.45) is 0. The molecule has 0 unspecified atom stereocenters. The lowest BCUT2D eigenvalue weighted by atomic mass is 10.1. The van der Waals surface area contributed by atoms with Gasteiger partial charge in [0.25, 0.3) is 10.0 Å². The third-order valence-electron chi connectivity index (χ3n) is 2.90. The number of aromatic nitrogens is 3. The zero-order valence-electron chi connectivity index (χ0n) is 11.2. The first-order valence-corrected chi connectivity index (χ1v) is 7.94. The second-order valence-electron chi connectivity index (χ2n) is 4.44.